The first-order valence-corrected chi connectivity index (χ1v) is 10.8. The van der Waals surface area contributed by atoms with E-state index in [4.69, 9.17) is 21.6 Å². The Bertz CT molecular complexity index is 1460. The van der Waals surface area contributed by atoms with Gasteiger partial charge in [0.25, 0.3) is 5.91 Å². The van der Waals surface area contributed by atoms with Crippen molar-refractivity contribution in [2.24, 2.45) is 7.05 Å². The molecule has 0 aliphatic heterocycles. The van der Waals surface area contributed by atoms with Gasteiger partial charge in [0.15, 0.2) is 11.5 Å². The normalized spacial score (nSPS) is 11.3. The minimum Gasteiger partial charge on any atom is -0.441 e. The minimum absolute atomic E-state index is 0.134. The molecule has 0 aliphatic rings. The van der Waals surface area contributed by atoms with Gasteiger partial charge in [-0.05, 0) is 37.3 Å². The Balaban J connectivity index is 1.45. The number of carbonyl (C=O) groups excluding carboxylic acids is 2. The Morgan fingerprint density at radius 1 is 1.14 bits per heavy atom. The van der Waals surface area contributed by atoms with Crippen LogP contribution in [0.3, 0.4) is 0 Å². The van der Waals surface area contributed by atoms with Crippen LogP contribution in [0.1, 0.15) is 34.6 Å². The van der Waals surface area contributed by atoms with Crippen LogP contribution >= 0.6 is 11.6 Å². The second-order valence-corrected chi connectivity index (χ2v) is 7.75. The van der Waals surface area contributed by atoms with E-state index in [2.05, 4.69) is 35.9 Å². The lowest BCUT2D eigenvalue weighted by Crippen LogP contribution is -2.18. The predicted molar refractivity (Wildman–Crippen MR) is 129 cm³/mol. The van der Waals surface area contributed by atoms with E-state index in [0.29, 0.717) is 22.6 Å². The lowest BCUT2D eigenvalue weighted by atomic mass is 10.2. The van der Waals surface area contributed by atoms with Crippen LogP contribution < -0.4 is 10.6 Å². The number of halogens is 1. The summed E-state index contributed by atoms with van der Waals surface area (Å²) in [6, 6.07) is 11.4. The highest BCUT2D eigenvalue weighted by Crippen LogP contribution is 2.27. The number of aryl methyl sites for hydroxylation is 1. The fourth-order valence-corrected chi connectivity index (χ4v) is 3.44. The number of rotatable bonds is 6. The molecule has 0 radical (unpaired) electrons. The van der Waals surface area contributed by atoms with Crippen LogP contribution in [0, 0.1) is 11.3 Å². The summed E-state index contributed by atoms with van der Waals surface area (Å²) in [5, 5.41) is 22.5. The summed E-state index contributed by atoms with van der Waals surface area (Å²) in [5.41, 5.74) is 2.09. The SMILES string of the molecule is C[C@@H](OC(=O)Nc1c(-c2ccc(NC(=O)c3ccnc(C#N)c3)cn2)nnn1C)c1cccnc1Cl. The first-order valence-electron chi connectivity index (χ1n) is 10.5. The van der Waals surface area contributed by atoms with Gasteiger partial charge in [0.05, 0.1) is 17.6 Å². The van der Waals surface area contributed by atoms with E-state index in [1.54, 1.807) is 44.4 Å². The zero-order valence-corrected chi connectivity index (χ0v) is 19.8. The molecule has 2 amide bonds. The van der Waals surface area contributed by atoms with Crippen LogP contribution in [0.15, 0.2) is 55.0 Å². The molecule has 0 saturated carbocycles. The van der Waals surface area contributed by atoms with Gasteiger partial charge in [0.2, 0.25) is 0 Å². The van der Waals surface area contributed by atoms with Crippen molar-refractivity contribution >= 4 is 35.1 Å². The molecule has 180 valence electrons. The van der Waals surface area contributed by atoms with Gasteiger partial charge in [0.1, 0.15) is 23.0 Å². The Labute approximate surface area is 209 Å². The smallest absolute Gasteiger partial charge is 0.413 e. The molecule has 2 N–H and O–H groups in total. The van der Waals surface area contributed by atoms with Gasteiger partial charge in [-0.3, -0.25) is 15.1 Å². The number of nitrogens with zero attached hydrogens (tertiary/aromatic N) is 7. The van der Waals surface area contributed by atoms with Gasteiger partial charge < -0.3 is 10.1 Å². The second-order valence-electron chi connectivity index (χ2n) is 7.39. The van der Waals surface area contributed by atoms with E-state index in [1.165, 1.54) is 29.2 Å². The number of anilines is 2. The van der Waals surface area contributed by atoms with E-state index in [9.17, 15) is 9.59 Å². The van der Waals surface area contributed by atoms with Crippen molar-refractivity contribution in [3.63, 3.8) is 0 Å². The van der Waals surface area contributed by atoms with E-state index < -0.39 is 18.1 Å². The third-order valence-corrected chi connectivity index (χ3v) is 5.27. The summed E-state index contributed by atoms with van der Waals surface area (Å²) in [5.74, 6) is -0.162. The maximum Gasteiger partial charge on any atom is 0.413 e. The van der Waals surface area contributed by atoms with Crippen molar-refractivity contribution in [1.29, 1.82) is 5.26 Å². The van der Waals surface area contributed by atoms with E-state index in [-0.39, 0.29) is 22.2 Å². The molecule has 0 fully saturated rings. The average molecular weight is 504 g/mol. The van der Waals surface area contributed by atoms with Crippen LogP contribution in [-0.2, 0) is 11.8 Å². The molecule has 12 nitrogen and oxygen atoms in total. The van der Waals surface area contributed by atoms with Crippen LogP contribution in [0.2, 0.25) is 5.15 Å². The lowest BCUT2D eigenvalue weighted by molar-refractivity contribution is 0.102. The molecule has 0 unspecified atom stereocenters. The molecule has 0 aromatic carbocycles. The first kappa shape index (κ1) is 24.2. The number of pyridine rings is 3. The number of hydrogen-bond donors (Lipinski definition) is 2. The van der Waals surface area contributed by atoms with Crippen molar-refractivity contribution in [2.45, 2.75) is 13.0 Å². The number of hydrogen-bond acceptors (Lipinski definition) is 9. The number of carbonyl (C=O) groups is 2. The second kappa shape index (κ2) is 10.6. The molecule has 1 atom stereocenters. The molecule has 0 spiro atoms. The molecule has 4 aromatic heterocycles. The van der Waals surface area contributed by atoms with Gasteiger partial charge in [-0.2, -0.15) is 5.26 Å². The summed E-state index contributed by atoms with van der Waals surface area (Å²) >= 11 is 6.07. The Morgan fingerprint density at radius 2 is 1.97 bits per heavy atom. The Morgan fingerprint density at radius 3 is 2.69 bits per heavy atom. The number of amides is 2. The third kappa shape index (κ3) is 5.43. The quantitative estimate of drug-likeness (QED) is 0.373. The van der Waals surface area contributed by atoms with Crippen molar-refractivity contribution in [2.75, 3.05) is 10.6 Å². The monoisotopic (exact) mass is 503 g/mol. The van der Waals surface area contributed by atoms with E-state index in [1.807, 2.05) is 6.07 Å². The zero-order valence-electron chi connectivity index (χ0n) is 19.0. The molecule has 4 aromatic rings. The summed E-state index contributed by atoms with van der Waals surface area (Å²) in [6.45, 7) is 1.67. The van der Waals surface area contributed by atoms with Gasteiger partial charge in [-0.15, -0.1) is 5.10 Å². The maximum atomic E-state index is 12.5. The number of nitrogens with one attached hydrogen (secondary N) is 2. The van der Waals surface area contributed by atoms with Crippen molar-refractivity contribution in [1.82, 2.24) is 29.9 Å². The molecule has 0 bridgehead atoms. The van der Waals surface area contributed by atoms with Gasteiger partial charge in [-0.1, -0.05) is 22.9 Å². The Hall–Kier alpha value is -4.89. The average Bonchev–Trinajstić information content (AvgIpc) is 3.24. The number of ether oxygens (including phenoxy) is 1. The standard InChI is InChI=1S/C23H18ClN9O3/c1-13(17-4-3-8-27-20(17)24)36-23(35)30-21-19(31-32-33(21)2)18-6-5-15(12-28-18)29-22(34)14-7-9-26-16(10-14)11-25/h3-10,12-13H,1-2H3,(H,29,34)(H,30,35)/t13-/m1/s1. The number of aromatic nitrogens is 6. The molecule has 4 rings (SSSR count). The molecular formula is C23H18ClN9O3. The molecule has 0 saturated heterocycles. The van der Waals surface area contributed by atoms with Crippen molar-refractivity contribution < 1.29 is 14.3 Å². The molecule has 0 aliphatic carbocycles. The predicted octanol–water partition coefficient (Wildman–Crippen LogP) is 3.75. The summed E-state index contributed by atoms with van der Waals surface area (Å²) in [4.78, 5) is 37.1. The Kier molecular flexibility index (Phi) is 7.12. The van der Waals surface area contributed by atoms with Crippen LogP contribution in [0.25, 0.3) is 11.4 Å². The fourth-order valence-electron chi connectivity index (χ4n) is 3.17. The molecule has 4 heterocycles. The van der Waals surface area contributed by atoms with E-state index in [0.717, 1.165) is 0 Å². The summed E-state index contributed by atoms with van der Waals surface area (Å²) < 4.78 is 6.79. The largest absolute Gasteiger partial charge is 0.441 e. The highest BCUT2D eigenvalue weighted by molar-refractivity contribution is 6.30. The first-order chi connectivity index (χ1) is 17.4. The van der Waals surface area contributed by atoms with Gasteiger partial charge >= 0.3 is 6.09 Å². The highest BCUT2D eigenvalue weighted by atomic mass is 35.5. The summed E-state index contributed by atoms with van der Waals surface area (Å²) in [7, 11) is 1.60. The summed E-state index contributed by atoms with van der Waals surface area (Å²) in [6.07, 6.45) is 2.96. The maximum absolute atomic E-state index is 12.5. The van der Waals surface area contributed by atoms with Crippen molar-refractivity contribution in [3.8, 4) is 17.5 Å². The third-order valence-electron chi connectivity index (χ3n) is 4.96. The zero-order chi connectivity index (χ0) is 25.7. The minimum atomic E-state index is -0.743. The van der Waals surface area contributed by atoms with E-state index >= 15 is 0 Å². The lowest BCUT2D eigenvalue weighted by Gasteiger charge is -2.15. The van der Waals surface area contributed by atoms with Crippen LogP contribution in [-0.4, -0.2) is 41.9 Å². The molecule has 36 heavy (non-hydrogen) atoms. The van der Waals surface area contributed by atoms with Crippen LogP contribution in [0.5, 0.6) is 0 Å². The highest BCUT2D eigenvalue weighted by Gasteiger charge is 2.20. The van der Waals surface area contributed by atoms with Gasteiger partial charge in [-0.25, -0.2) is 19.4 Å². The van der Waals surface area contributed by atoms with Crippen molar-refractivity contribution in [3.05, 3.63) is 77.0 Å². The van der Waals surface area contributed by atoms with Gasteiger partial charge in [0, 0.05) is 30.6 Å². The molecular weight excluding hydrogens is 486 g/mol. The topological polar surface area (TPSA) is 161 Å². The molecule has 13 heteroatoms. The fraction of sp³-hybridized carbons (Fsp3) is 0.130. The van der Waals surface area contributed by atoms with Crippen LogP contribution in [0.4, 0.5) is 16.3 Å². The number of nitriles is 1.